The summed E-state index contributed by atoms with van der Waals surface area (Å²) in [6.07, 6.45) is 11.3. The molecule has 0 aromatic heterocycles. The largest absolute Gasteiger partial charge is 0.387 e. The third-order valence-electron chi connectivity index (χ3n) is 5.48. The number of hydrogen-bond acceptors (Lipinski definition) is 2. The molecule has 0 bridgehead atoms. The molecule has 1 aromatic carbocycles. The fourth-order valence-electron chi connectivity index (χ4n) is 3.83. The van der Waals surface area contributed by atoms with Gasteiger partial charge in [-0.25, -0.2) is 0 Å². The van der Waals surface area contributed by atoms with E-state index in [1.165, 1.54) is 63.4 Å². The van der Waals surface area contributed by atoms with Gasteiger partial charge in [0.15, 0.2) is 0 Å². The molecule has 1 saturated carbocycles. The van der Waals surface area contributed by atoms with Gasteiger partial charge >= 0.3 is 0 Å². The van der Waals surface area contributed by atoms with E-state index in [9.17, 15) is 5.11 Å². The predicted octanol–water partition coefficient (Wildman–Crippen LogP) is 5.67. The number of unbranched alkanes of at least 4 members (excludes halogenated alkanes) is 2. The third kappa shape index (κ3) is 6.22. The van der Waals surface area contributed by atoms with Gasteiger partial charge in [0.25, 0.3) is 0 Å². The fourth-order valence-corrected chi connectivity index (χ4v) is 3.83. The zero-order chi connectivity index (χ0) is 17.2. The van der Waals surface area contributed by atoms with Crippen LogP contribution in [-0.4, -0.2) is 29.6 Å². The summed E-state index contributed by atoms with van der Waals surface area (Å²) in [7, 11) is 0. The Kier molecular flexibility index (Phi) is 8.83. The topological polar surface area (TPSA) is 23.5 Å². The highest BCUT2D eigenvalue weighted by Crippen LogP contribution is 2.33. The van der Waals surface area contributed by atoms with E-state index in [0.717, 1.165) is 31.1 Å². The first-order chi connectivity index (χ1) is 11.7. The summed E-state index contributed by atoms with van der Waals surface area (Å²) < 4.78 is 0. The van der Waals surface area contributed by atoms with Gasteiger partial charge in [-0.2, -0.15) is 0 Å². The lowest BCUT2D eigenvalue weighted by molar-refractivity contribution is 0.111. The molecule has 0 saturated heterocycles. The van der Waals surface area contributed by atoms with Gasteiger partial charge in [-0.15, -0.1) is 0 Å². The summed E-state index contributed by atoms with van der Waals surface area (Å²) in [6, 6.07) is 8.84. The van der Waals surface area contributed by atoms with E-state index in [1.54, 1.807) is 0 Å². The Morgan fingerprint density at radius 1 is 0.958 bits per heavy atom. The quantitative estimate of drug-likeness (QED) is 0.597. The Hall–Kier alpha value is -0.860. The van der Waals surface area contributed by atoms with Gasteiger partial charge in [-0.05, 0) is 55.8 Å². The number of hydrogen-bond donors (Lipinski definition) is 1. The minimum Gasteiger partial charge on any atom is -0.387 e. The van der Waals surface area contributed by atoms with Crippen molar-refractivity contribution in [3.05, 3.63) is 35.4 Å². The second-order valence-corrected chi connectivity index (χ2v) is 7.53. The third-order valence-corrected chi connectivity index (χ3v) is 5.48. The zero-order valence-corrected chi connectivity index (χ0v) is 15.8. The van der Waals surface area contributed by atoms with Crippen molar-refractivity contribution in [2.45, 2.75) is 83.7 Å². The van der Waals surface area contributed by atoms with Crippen LogP contribution in [0.25, 0.3) is 0 Å². The van der Waals surface area contributed by atoms with Crippen molar-refractivity contribution in [2.24, 2.45) is 0 Å². The van der Waals surface area contributed by atoms with Gasteiger partial charge < -0.3 is 10.0 Å². The Morgan fingerprint density at radius 2 is 1.54 bits per heavy atom. The molecule has 2 rings (SSSR count). The van der Waals surface area contributed by atoms with Crippen molar-refractivity contribution in [1.29, 1.82) is 0 Å². The average molecular weight is 332 g/mol. The molecule has 1 aliphatic carbocycles. The van der Waals surface area contributed by atoms with Crippen LogP contribution >= 0.6 is 0 Å². The number of aliphatic hydroxyl groups excluding tert-OH is 1. The van der Waals surface area contributed by atoms with Crippen LogP contribution in [0.2, 0.25) is 0 Å². The van der Waals surface area contributed by atoms with Gasteiger partial charge in [-0.3, -0.25) is 0 Å². The molecule has 0 amide bonds. The Labute approximate surface area is 149 Å². The minimum atomic E-state index is -0.362. The van der Waals surface area contributed by atoms with Crippen molar-refractivity contribution >= 4 is 0 Å². The van der Waals surface area contributed by atoms with Gasteiger partial charge in [0.1, 0.15) is 0 Å². The van der Waals surface area contributed by atoms with E-state index in [4.69, 9.17) is 0 Å². The SMILES string of the molecule is CCCCN(CCCC)CC(O)c1ccc(C2CCCCC2)cc1. The van der Waals surface area contributed by atoms with Gasteiger partial charge in [-0.1, -0.05) is 70.2 Å². The molecule has 0 spiro atoms. The first kappa shape index (κ1) is 19.5. The van der Waals surface area contributed by atoms with Gasteiger partial charge in [0, 0.05) is 6.54 Å². The smallest absolute Gasteiger partial charge is 0.0916 e. The highest BCUT2D eigenvalue weighted by molar-refractivity contribution is 5.27. The maximum absolute atomic E-state index is 10.6. The molecule has 1 fully saturated rings. The molecule has 1 aromatic rings. The van der Waals surface area contributed by atoms with Crippen LogP contribution in [-0.2, 0) is 0 Å². The molecule has 1 N–H and O–H groups in total. The molecule has 1 atom stereocenters. The maximum Gasteiger partial charge on any atom is 0.0916 e. The van der Waals surface area contributed by atoms with Gasteiger partial charge in [0.05, 0.1) is 6.10 Å². The number of aliphatic hydroxyl groups is 1. The summed E-state index contributed by atoms with van der Waals surface area (Å²) in [5, 5.41) is 10.6. The highest BCUT2D eigenvalue weighted by Gasteiger charge is 2.17. The first-order valence-corrected chi connectivity index (χ1v) is 10.2. The summed E-state index contributed by atoms with van der Waals surface area (Å²) in [6.45, 7) is 7.45. The molecule has 24 heavy (non-hydrogen) atoms. The van der Waals surface area contributed by atoms with Crippen LogP contribution in [0, 0.1) is 0 Å². The van der Waals surface area contributed by atoms with E-state index in [1.807, 2.05) is 0 Å². The van der Waals surface area contributed by atoms with Crippen LogP contribution in [0.4, 0.5) is 0 Å². The molecule has 1 unspecified atom stereocenters. The Balaban J connectivity index is 1.90. The molecule has 0 aliphatic heterocycles. The van der Waals surface area contributed by atoms with Crippen LogP contribution in [0.1, 0.15) is 94.8 Å². The summed E-state index contributed by atoms with van der Waals surface area (Å²) in [5.41, 5.74) is 2.55. The standard InChI is InChI=1S/C22H37NO/c1-3-5-16-23(17-6-4-2)18-22(24)21-14-12-20(13-15-21)19-10-8-7-9-11-19/h12-15,19,22,24H,3-11,16-18H2,1-2H3. The Morgan fingerprint density at radius 3 is 2.08 bits per heavy atom. The number of rotatable bonds is 10. The lowest BCUT2D eigenvalue weighted by Crippen LogP contribution is -2.30. The molecule has 1 aliphatic rings. The lowest BCUT2D eigenvalue weighted by Gasteiger charge is -2.26. The van der Waals surface area contributed by atoms with Crippen molar-refractivity contribution < 1.29 is 5.11 Å². The van der Waals surface area contributed by atoms with Crippen LogP contribution in [0.15, 0.2) is 24.3 Å². The molecule has 0 heterocycles. The van der Waals surface area contributed by atoms with E-state index < -0.39 is 0 Å². The van der Waals surface area contributed by atoms with Crippen LogP contribution in [0.3, 0.4) is 0 Å². The minimum absolute atomic E-state index is 0.362. The number of benzene rings is 1. The second-order valence-electron chi connectivity index (χ2n) is 7.53. The Bertz CT molecular complexity index is 428. The van der Waals surface area contributed by atoms with E-state index >= 15 is 0 Å². The first-order valence-electron chi connectivity index (χ1n) is 10.2. The van der Waals surface area contributed by atoms with Crippen LogP contribution < -0.4 is 0 Å². The molecule has 2 heteroatoms. The van der Waals surface area contributed by atoms with Crippen molar-refractivity contribution in [2.75, 3.05) is 19.6 Å². The predicted molar refractivity (Wildman–Crippen MR) is 103 cm³/mol. The fraction of sp³-hybridized carbons (Fsp3) is 0.727. The second kappa shape index (κ2) is 10.9. The summed E-state index contributed by atoms with van der Waals surface area (Å²) >= 11 is 0. The van der Waals surface area contributed by atoms with Crippen LogP contribution in [0.5, 0.6) is 0 Å². The maximum atomic E-state index is 10.6. The molecular weight excluding hydrogens is 294 g/mol. The van der Waals surface area contributed by atoms with Gasteiger partial charge in [0.2, 0.25) is 0 Å². The van der Waals surface area contributed by atoms with E-state index in [-0.39, 0.29) is 6.10 Å². The normalized spacial score (nSPS) is 17.3. The molecular formula is C22H37NO. The van der Waals surface area contributed by atoms with E-state index in [0.29, 0.717) is 0 Å². The molecule has 0 radical (unpaired) electrons. The van der Waals surface area contributed by atoms with E-state index in [2.05, 4.69) is 43.0 Å². The monoisotopic (exact) mass is 331 g/mol. The summed E-state index contributed by atoms with van der Waals surface area (Å²) in [4.78, 5) is 2.44. The van der Waals surface area contributed by atoms with Crippen molar-refractivity contribution in [3.63, 3.8) is 0 Å². The number of nitrogens with zero attached hydrogens (tertiary/aromatic N) is 1. The molecule has 136 valence electrons. The molecule has 2 nitrogen and oxygen atoms in total. The van der Waals surface area contributed by atoms with Crippen molar-refractivity contribution in [3.8, 4) is 0 Å². The summed E-state index contributed by atoms with van der Waals surface area (Å²) in [5.74, 6) is 0.746. The average Bonchev–Trinajstić information content (AvgIpc) is 2.64. The zero-order valence-electron chi connectivity index (χ0n) is 15.8. The van der Waals surface area contributed by atoms with Crippen molar-refractivity contribution in [1.82, 2.24) is 4.90 Å². The lowest BCUT2D eigenvalue weighted by atomic mass is 9.84. The highest BCUT2D eigenvalue weighted by atomic mass is 16.3.